The smallest absolute Gasteiger partial charge is 0.220 e. The summed E-state index contributed by atoms with van der Waals surface area (Å²) in [5.74, 6) is 0.159. The van der Waals surface area contributed by atoms with Crippen LogP contribution >= 0.6 is 0 Å². The van der Waals surface area contributed by atoms with Crippen LogP contribution in [0.4, 0.5) is 5.69 Å². The molecule has 0 atom stereocenters. The van der Waals surface area contributed by atoms with Crippen molar-refractivity contribution in [2.45, 2.75) is 39.0 Å². The van der Waals surface area contributed by atoms with Crippen molar-refractivity contribution in [3.8, 4) is 0 Å². The summed E-state index contributed by atoms with van der Waals surface area (Å²) in [5, 5.41) is 3.05. The number of amides is 1. The first-order valence-electron chi connectivity index (χ1n) is 6.75. The normalized spacial score (nSPS) is 16.3. The van der Waals surface area contributed by atoms with Gasteiger partial charge in [-0.3, -0.25) is 4.79 Å². The number of rotatable bonds is 6. The van der Waals surface area contributed by atoms with Crippen LogP contribution in [0, 0.1) is 5.41 Å². The van der Waals surface area contributed by atoms with E-state index in [9.17, 15) is 4.79 Å². The Morgan fingerprint density at radius 2 is 2.00 bits per heavy atom. The average Bonchev–Trinajstić information content (AvgIpc) is 3.16. The monoisotopic (exact) mass is 246 g/mol. The number of benzene rings is 1. The third kappa shape index (κ3) is 3.49. The van der Waals surface area contributed by atoms with Crippen molar-refractivity contribution in [1.29, 1.82) is 0 Å². The van der Waals surface area contributed by atoms with E-state index in [4.69, 9.17) is 5.73 Å². The topological polar surface area (TPSA) is 55.1 Å². The highest BCUT2D eigenvalue weighted by Gasteiger charge is 2.40. The van der Waals surface area contributed by atoms with Crippen molar-refractivity contribution in [2.75, 3.05) is 12.3 Å². The summed E-state index contributed by atoms with van der Waals surface area (Å²) in [4.78, 5) is 11.7. The highest BCUT2D eigenvalue weighted by atomic mass is 16.1. The number of carbonyl (C=O) groups is 1. The summed E-state index contributed by atoms with van der Waals surface area (Å²) in [6, 6.07) is 7.72. The molecule has 0 aromatic heterocycles. The van der Waals surface area contributed by atoms with Crippen LogP contribution in [0.5, 0.6) is 0 Å². The maximum Gasteiger partial charge on any atom is 0.220 e. The molecule has 3 N–H and O–H groups in total. The van der Waals surface area contributed by atoms with E-state index in [0.717, 1.165) is 24.2 Å². The van der Waals surface area contributed by atoms with Gasteiger partial charge in [0.2, 0.25) is 5.91 Å². The summed E-state index contributed by atoms with van der Waals surface area (Å²) < 4.78 is 0. The second-order valence-electron chi connectivity index (χ2n) is 5.37. The van der Waals surface area contributed by atoms with Gasteiger partial charge in [-0.15, -0.1) is 0 Å². The third-order valence-electron chi connectivity index (χ3n) is 3.99. The van der Waals surface area contributed by atoms with Crippen molar-refractivity contribution in [3.05, 3.63) is 29.8 Å². The predicted molar refractivity (Wildman–Crippen MR) is 74.1 cm³/mol. The first-order chi connectivity index (χ1) is 8.63. The summed E-state index contributed by atoms with van der Waals surface area (Å²) in [5.41, 5.74) is 7.98. The number of nitrogens with one attached hydrogen (secondary N) is 1. The number of nitrogens with two attached hydrogens (primary N) is 1. The molecule has 0 aliphatic heterocycles. The van der Waals surface area contributed by atoms with E-state index in [1.54, 1.807) is 0 Å². The van der Waals surface area contributed by atoms with E-state index < -0.39 is 0 Å². The number of aryl methyl sites for hydroxylation is 1. The Bertz CT molecular complexity index is 407. The Morgan fingerprint density at radius 1 is 1.33 bits per heavy atom. The number of anilines is 1. The molecule has 0 radical (unpaired) electrons. The van der Waals surface area contributed by atoms with Crippen molar-refractivity contribution >= 4 is 11.6 Å². The van der Waals surface area contributed by atoms with E-state index in [1.165, 1.54) is 19.3 Å². The van der Waals surface area contributed by atoms with Gasteiger partial charge in [-0.2, -0.15) is 0 Å². The molecular formula is C15H22N2O. The molecule has 0 heterocycles. The fourth-order valence-electron chi connectivity index (χ4n) is 2.15. The lowest BCUT2D eigenvalue weighted by molar-refractivity contribution is -0.121. The molecule has 1 aliphatic rings. The van der Waals surface area contributed by atoms with Crippen LogP contribution in [-0.2, 0) is 11.2 Å². The van der Waals surface area contributed by atoms with E-state index in [-0.39, 0.29) is 5.91 Å². The highest BCUT2D eigenvalue weighted by Crippen LogP contribution is 2.47. The summed E-state index contributed by atoms with van der Waals surface area (Å²) in [7, 11) is 0. The molecule has 18 heavy (non-hydrogen) atoms. The van der Waals surface area contributed by atoms with Gasteiger partial charge in [0.15, 0.2) is 0 Å². The van der Waals surface area contributed by atoms with Gasteiger partial charge in [0.05, 0.1) is 0 Å². The molecule has 2 rings (SSSR count). The van der Waals surface area contributed by atoms with Crippen molar-refractivity contribution in [1.82, 2.24) is 5.32 Å². The Labute approximate surface area is 109 Å². The van der Waals surface area contributed by atoms with Gasteiger partial charge in [-0.1, -0.05) is 19.1 Å². The Balaban J connectivity index is 1.70. The van der Waals surface area contributed by atoms with Gasteiger partial charge in [-0.25, -0.2) is 0 Å². The Morgan fingerprint density at radius 3 is 2.56 bits per heavy atom. The van der Waals surface area contributed by atoms with Crippen molar-refractivity contribution in [3.63, 3.8) is 0 Å². The Hall–Kier alpha value is -1.51. The van der Waals surface area contributed by atoms with Gasteiger partial charge in [0.1, 0.15) is 0 Å². The molecule has 98 valence electrons. The molecule has 1 aromatic rings. The SMILES string of the molecule is CCC1(CNC(=O)CCc2ccc(N)cc2)CC1. The summed E-state index contributed by atoms with van der Waals surface area (Å²) in [6.45, 7) is 3.05. The predicted octanol–water partition coefficient (Wildman–Crippen LogP) is 2.51. The zero-order valence-corrected chi connectivity index (χ0v) is 11.0. The van der Waals surface area contributed by atoms with E-state index >= 15 is 0 Å². The van der Waals surface area contributed by atoms with Crippen LogP contribution < -0.4 is 11.1 Å². The summed E-state index contributed by atoms with van der Waals surface area (Å²) >= 11 is 0. The maximum absolute atomic E-state index is 11.7. The molecule has 1 aliphatic carbocycles. The molecule has 1 saturated carbocycles. The van der Waals surface area contributed by atoms with Gasteiger partial charge in [0, 0.05) is 18.7 Å². The van der Waals surface area contributed by atoms with Crippen LogP contribution in [0.15, 0.2) is 24.3 Å². The highest BCUT2D eigenvalue weighted by molar-refractivity contribution is 5.76. The van der Waals surface area contributed by atoms with Gasteiger partial charge >= 0.3 is 0 Å². The van der Waals surface area contributed by atoms with Crippen LogP contribution in [0.3, 0.4) is 0 Å². The second-order valence-corrected chi connectivity index (χ2v) is 5.37. The number of hydrogen-bond donors (Lipinski definition) is 2. The minimum Gasteiger partial charge on any atom is -0.399 e. The first-order valence-corrected chi connectivity index (χ1v) is 6.75. The maximum atomic E-state index is 11.7. The molecule has 0 saturated heterocycles. The van der Waals surface area contributed by atoms with E-state index in [2.05, 4.69) is 12.2 Å². The quantitative estimate of drug-likeness (QED) is 0.758. The first kappa shape index (κ1) is 12.9. The fourth-order valence-corrected chi connectivity index (χ4v) is 2.15. The molecule has 1 fully saturated rings. The number of nitrogen functional groups attached to an aromatic ring is 1. The second kappa shape index (κ2) is 5.42. The van der Waals surface area contributed by atoms with E-state index in [1.807, 2.05) is 24.3 Å². The lowest BCUT2D eigenvalue weighted by atomic mass is 10.0. The van der Waals surface area contributed by atoms with E-state index in [0.29, 0.717) is 11.8 Å². The van der Waals surface area contributed by atoms with Crippen molar-refractivity contribution < 1.29 is 4.79 Å². The molecule has 3 heteroatoms. The minimum atomic E-state index is 0.159. The Kier molecular flexibility index (Phi) is 3.90. The standard InChI is InChI=1S/C15H22N2O/c1-2-15(9-10-15)11-17-14(18)8-5-12-3-6-13(16)7-4-12/h3-4,6-7H,2,5,8-11,16H2,1H3,(H,17,18). The lowest BCUT2D eigenvalue weighted by Crippen LogP contribution is -2.30. The van der Waals surface area contributed by atoms with Crippen molar-refractivity contribution in [2.24, 2.45) is 5.41 Å². The fraction of sp³-hybridized carbons (Fsp3) is 0.533. The van der Waals surface area contributed by atoms with Crippen LogP contribution in [-0.4, -0.2) is 12.5 Å². The zero-order valence-electron chi connectivity index (χ0n) is 11.0. The number of hydrogen-bond acceptors (Lipinski definition) is 2. The molecule has 0 unspecified atom stereocenters. The molecule has 0 spiro atoms. The average molecular weight is 246 g/mol. The van der Waals surface area contributed by atoms with Gasteiger partial charge < -0.3 is 11.1 Å². The minimum absolute atomic E-state index is 0.159. The molecule has 1 aromatic carbocycles. The zero-order chi connectivity index (χ0) is 13.0. The molecule has 0 bridgehead atoms. The van der Waals surface area contributed by atoms with Crippen LogP contribution in [0.25, 0.3) is 0 Å². The molecular weight excluding hydrogens is 224 g/mol. The van der Waals surface area contributed by atoms with Crippen LogP contribution in [0.1, 0.15) is 38.2 Å². The lowest BCUT2D eigenvalue weighted by Gasteiger charge is -2.13. The molecule has 3 nitrogen and oxygen atoms in total. The van der Waals surface area contributed by atoms with Crippen LogP contribution in [0.2, 0.25) is 0 Å². The van der Waals surface area contributed by atoms with Gasteiger partial charge in [0.25, 0.3) is 0 Å². The molecule has 1 amide bonds. The number of carbonyl (C=O) groups excluding carboxylic acids is 1. The summed E-state index contributed by atoms with van der Waals surface area (Å²) in [6.07, 6.45) is 5.05. The van der Waals surface area contributed by atoms with Gasteiger partial charge in [-0.05, 0) is 48.8 Å². The third-order valence-corrected chi connectivity index (χ3v) is 3.99. The largest absolute Gasteiger partial charge is 0.399 e.